The fourth-order valence-corrected chi connectivity index (χ4v) is 4.68. The highest BCUT2D eigenvalue weighted by atomic mass is 79.9. The van der Waals surface area contributed by atoms with Gasteiger partial charge in [0.15, 0.2) is 0 Å². The summed E-state index contributed by atoms with van der Waals surface area (Å²) in [6, 6.07) is 1.85. The highest BCUT2D eigenvalue weighted by Gasteiger charge is 2.13. The quantitative estimate of drug-likeness (QED) is 0.767. The number of thiophene rings is 1. The molecule has 1 aliphatic carbocycles. The predicted octanol–water partition coefficient (Wildman–Crippen LogP) is 4.50. The van der Waals surface area contributed by atoms with Crippen molar-refractivity contribution in [3.63, 3.8) is 0 Å². The highest BCUT2D eigenvalue weighted by Crippen LogP contribution is 2.31. The fourth-order valence-electron chi connectivity index (χ4n) is 1.89. The summed E-state index contributed by atoms with van der Waals surface area (Å²) in [5.41, 5.74) is 2.19. The third-order valence-corrected chi connectivity index (χ3v) is 5.11. The van der Waals surface area contributed by atoms with E-state index in [0.717, 1.165) is 20.5 Å². The molecule has 1 aromatic rings. The molecule has 1 N–H and O–H groups in total. The van der Waals surface area contributed by atoms with Gasteiger partial charge in [-0.15, -0.1) is 11.3 Å². The smallest absolute Gasteiger partial charge is 0.253 e. The Balaban J connectivity index is 1.83. The van der Waals surface area contributed by atoms with Crippen molar-refractivity contribution in [3.05, 3.63) is 30.9 Å². The van der Waals surface area contributed by atoms with Gasteiger partial charge in [0, 0.05) is 6.54 Å². The third kappa shape index (κ3) is 3.66. The second-order valence-electron chi connectivity index (χ2n) is 4.00. The molecule has 0 aromatic carbocycles. The lowest BCUT2D eigenvalue weighted by molar-refractivity contribution is 0.0954. The first-order valence-corrected chi connectivity index (χ1v) is 7.98. The zero-order chi connectivity index (χ0) is 12.3. The van der Waals surface area contributed by atoms with Gasteiger partial charge in [-0.2, -0.15) is 0 Å². The monoisotopic (exact) mass is 377 g/mol. The number of halogens is 2. The Bertz CT molecular complexity index is 453. The minimum Gasteiger partial charge on any atom is -0.352 e. The van der Waals surface area contributed by atoms with Crippen LogP contribution in [0.25, 0.3) is 0 Å². The minimum atomic E-state index is -0.00239. The molecule has 0 saturated carbocycles. The number of allylic oxidation sites excluding steroid dienone is 1. The van der Waals surface area contributed by atoms with Gasteiger partial charge < -0.3 is 5.32 Å². The third-order valence-electron chi connectivity index (χ3n) is 2.77. The maximum Gasteiger partial charge on any atom is 0.253 e. The molecule has 0 unspecified atom stereocenters. The van der Waals surface area contributed by atoms with Crippen LogP contribution in [0.5, 0.6) is 0 Å². The molecule has 0 radical (unpaired) electrons. The molecule has 17 heavy (non-hydrogen) atoms. The average Bonchev–Trinajstić information content (AvgIpc) is 2.88. The van der Waals surface area contributed by atoms with E-state index in [1.807, 2.05) is 6.07 Å². The topological polar surface area (TPSA) is 29.1 Å². The number of amides is 1. The summed E-state index contributed by atoms with van der Waals surface area (Å²) in [5.74, 6) is -0.00239. The Morgan fingerprint density at radius 3 is 2.88 bits per heavy atom. The van der Waals surface area contributed by atoms with Gasteiger partial charge in [-0.1, -0.05) is 11.6 Å². The van der Waals surface area contributed by atoms with Crippen LogP contribution in [0.1, 0.15) is 36.0 Å². The van der Waals surface area contributed by atoms with Gasteiger partial charge in [-0.25, -0.2) is 0 Å². The predicted molar refractivity (Wildman–Crippen MR) is 78.6 cm³/mol. The molecular formula is C12H13Br2NOS. The van der Waals surface area contributed by atoms with Crippen molar-refractivity contribution < 1.29 is 4.79 Å². The maximum absolute atomic E-state index is 11.9. The zero-order valence-corrected chi connectivity index (χ0v) is 13.3. The lowest BCUT2D eigenvalue weighted by Crippen LogP contribution is -2.24. The van der Waals surface area contributed by atoms with Crippen LogP contribution < -0.4 is 5.32 Å². The summed E-state index contributed by atoms with van der Waals surface area (Å²) in [5, 5.41) is 2.96. The van der Waals surface area contributed by atoms with Crippen LogP contribution in [0.15, 0.2) is 25.3 Å². The number of carbonyl (C=O) groups is 1. The van der Waals surface area contributed by atoms with E-state index in [0.29, 0.717) is 5.56 Å². The maximum atomic E-state index is 11.9. The Kier molecular flexibility index (Phi) is 4.82. The van der Waals surface area contributed by atoms with E-state index in [4.69, 9.17) is 0 Å². The van der Waals surface area contributed by atoms with Crippen LogP contribution in [0, 0.1) is 0 Å². The van der Waals surface area contributed by atoms with Crippen LogP contribution in [0.4, 0.5) is 0 Å². The van der Waals surface area contributed by atoms with Crippen molar-refractivity contribution in [1.82, 2.24) is 5.32 Å². The first-order chi connectivity index (χ1) is 8.16. The average molecular weight is 379 g/mol. The summed E-state index contributed by atoms with van der Waals surface area (Å²) in [7, 11) is 0. The molecule has 0 bridgehead atoms. The molecule has 0 saturated heterocycles. The summed E-state index contributed by atoms with van der Waals surface area (Å²) in [4.78, 5) is 11.9. The van der Waals surface area contributed by atoms with Gasteiger partial charge in [-0.05, 0) is 63.6 Å². The number of hydrogen-bond donors (Lipinski definition) is 1. The summed E-state index contributed by atoms with van der Waals surface area (Å²) in [6.07, 6.45) is 6.94. The lowest BCUT2D eigenvalue weighted by Gasteiger charge is -2.04. The van der Waals surface area contributed by atoms with Gasteiger partial charge >= 0.3 is 0 Å². The van der Waals surface area contributed by atoms with E-state index < -0.39 is 0 Å². The van der Waals surface area contributed by atoms with Crippen LogP contribution in [-0.4, -0.2) is 12.5 Å². The number of rotatable bonds is 4. The fraction of sp³-hybridized carbons (Fsp3) is 0.417. The molecule has 1 heterocycles. The van der Waals surface area contributed by atoms with Crippen LogP contribution in [-0.2, 0) is 0 Å². The molecule has 0 aliphatic heterocycles. The Labute approximate surface area is 122 Å². The standard InChI is InChI=1S/C12H13Br2NOS/c13-10-7-9(11(14)17-10)12(16)15-6-5-8-3-1-2-4-8/h3,7H,1-2,4-6H2,(H,15,16). The molecule has 0 atom stereocenters. The Hall–Kier alpha value is -0.130. The van der Waals surface area contributed by atoms with Crippen molar-refractivity contribution in [2.45, 2.75) is 25.7 Å². The molecule has 0 spiro atoms. The molecule has 2 nitrogen and oxygen atoms in total. The lowest BCUT2D eigenvalue weighted by atomic mass is 10.1. The van der Waals surface area contributed by atoms with Crippen LogP contribution in [0.2, 0.25) is 0 Å². The first-order valence-electron chi connectivity index (χ1n) is 5.58. The van der Waals surface area contributed by atoms with E-state index in [2.05, 4.69) is 43.3 Å². The number of hydrogen-bond acceptors (Lipinski definition) is 2. The SMILES string of the molecule is O=C(NCCC1=CCCC1)c1cc(Br)sc1Br. The zero-order valence-electron chi connectivity index (χ0n) is 9.26. The van der Waals surface area contributed by atoms with Gasteiger partial charge in [0.25, 0.3) is 5.91 Å². The molecule has 92 valence electrons. The van der Waals surface area contributed by atoms with E-state index in [1.165, 1.54) is 36.2 Å². The van der Waals surface area contributed by atoms with E-state index in [1.54, 1.807) is 0 Å². The molecular weight excluding hydrogens is 366 g/mol. The van der Waals surface area contributed by atoms with Gasteiger partial charge in [-0.3, -0.25) is 4.79 Å². The molecule has 0 fully saturated rings. The second kappa shape index (κ2) is 6.16. The minimum absolute atomic E-state index is 0.00239. The summed E-state index contributed by atoms with van der Waals surface area (Å²) in [6.45, 7) is 0.727. The second-order valence-corrected chi connectivity index (χ2v) is 7.75. The summed E-state index contributed by atoms with van der Waals surface area (Å²) >= 11 is 8.28. The normalized spacial score (nSPS) is 14.8. The van der Waals surface area contributed by atoms with Crippen LogP contribution in [0.3, 0.4) is 0 Å². The Morgan fingerprint density at radius 1 is 1.47 bits per heavy atom. The highest BCUT2D eigenvalue weighted by molar-refractivity contribution is 9.12. The van der Waals surface area contributed by atoms with Crippen molar-refractivity contribution in [2.75, 3.05) is 6.54 Å². The molecule has 5 heteroatoms. The molecule has 1 aromatic heterocycles. The van der Waals surface area contributed by atoms with Crippen molar-refractivity contribution in [2.24, 2.45) is 0 Å². The molecule has 1 amide bonds. The van der Waals surface area contributed by atoms with E-state index in [-0.39, 0.29) is 5.91 Å². The number of nitrogens with one attached hydrogen (secondary N) is 1. The van der Waals surface area contributed by atoms with Crippen molar-refractivity contribution in [3.8, 4) is 0 Å². The number of carbonyl (C=O) groups excluding carboxylic acids is 1. The molecule has 2 rings (SSSR count). The van der Waals surface area contributed by atoms with Crippen LogP contribution >= 0.6 is 43.2 Å². The van der Waals surface area contributed by atoms with Crippen molar-refractivity contribution >= 4 is 49.1 Å². The Morgan fingerprint density at radius 2 is 2.29 bits per heavy atom. The van der Waals surface area contributed by atoms with Crippen molar-refractivity contribution in [1.29, 1.82) is 0 Å². The van der Waals surface area contributed by atoms with E-state index >= 15 is 0 Å². The first kappa shape index (κ1) is 13.3. The van der Waals surface area contributed by atoms with Gasteiger partial charge in [0.2, 0.25) is 0 Å². The van der Waals surface area contributed by atoms with Gasteiger partial charge in [0.1, 0.15) is 0 Å². The van der Waals surface area contributed by atoms with Gasteiger partial charge in [0.05, 0.1) is 13.1 Å². The molecule has 1 aliphatic rings. The van der Waals surface area contributed by atoms with E-state index in [9.17, 15) is 4.79 Å². The largest absolute Gasteiger partial charge is 0.352 e. The summed E-state index contributed by atoms with van der Waals surface area (Å²) < 4.78 is 1.84.